The Morgan fingerprint density at radius 2 is 1.67 bits per heavy atom. The van der Waals surface area contributed by atoms with Crippen molar-refractivity contribution in [3.8, 4) is 17.2 Å². The highest BCUT2D eigenvalue weighted by molar-refractivity contribution is 6.04. The number of urea groups is 1. The van der Waals surface area contributed by atoms with Crippen molar-refractivity contribution in [1.82, 2.24) is 15.1 Å². The number of Topliss-reactive ketones (excluding diaryl/α,β-unsaturated/α-hetero) is 1. The van der Waals surface area contributed by atoms with E-state index in [0.29, 0.717) is 28.6 Å². The van der Waals surface area contributed by atoms with Gasteiger partial charge in [-0.3, -0.25) is 10.1 Å². The highest BCUT2D eigenvalue weighted by Gasteiger charge is 2.33. The van der Waals surface area contributed by atoms with Crippen LogP contribution in [0.3, 0.4) is 0 Å². The van der Waals surface area contributed by atoms with Gasteiger partial charge >= 0.3 is 6.03 Å². The Morgan fingerprint density at radius 1 is 0.933 bits per heavy atom. The maximum Gasteiger partial charge on any atom is 0.324 e. The lowest BCUT2D eigenvalue weighted by Crippen LogP contribution is -2.34. The molecule has 9 nitrogen and oxygen atoms in total. The SMILES string of the molecule is COc1ccc(C(=O)C(c2cccc(NC(=O)Nc3cc(C(C)(C)C)nn3-c3ccc(C)cc3)c2)C2CCNCC2)c(OC)c1. The minimum absolute atomic E-state index is 0.0142. The topological polar surface area (TPSA) is 107 Å². The molecule has 2 heterocycles. The fourth-order valence-corrected chi connectivity index (χ4v) is 5.79. The number of hydrogen-bond donors (Lipinski definition) is 3. The molecule has 0 radical (unpaired) electrons. The van der Waals surface area contributed by atoms with Gasteiger partial charge in [0.2, 0.25) is 0 Å². The Balaban J connectivity index is 1.42. The van der Waals surface area contributed by atoms with Crippen LogP contribution in [0.25, 0.3) is 5.69 Å². The van der Waals surface area contributed by atoms with Crippen LogP contribution < -0.4 is 25.4 Å². The number of nitrogens with one attached hydrogen (secondary N) is 3. The largest absolute Gasteiger partial charge is 0.497 e. The summed E-state index contributed by atoms with van der Waals surface area (Å²) in [5, 5.41) is 14.2. The van der Waals surface area contributed by atoms with Crippen LogP contribution in [0.4, 0.5) is 16.3 Å². The lowest BCUT2D eigenvalue weighted by molar-refractivity contribution is 0.0913. The van der Waals surface area contributed by atoms with Gasteiger partial charge in [-0.2, -0.15) is 5.10 Å². The summed E-state index contributed by atoms with van der Waals surface area (Å²) >= 11 is 0. The van der Waals surface area contributed by atoms with E-state index in [4.69, 9.17) is 14.6 Å². The van der Waals surface area contributed by atoms with Crippen LogP contribution >= 0.6 is 0 Å². The lowest BCUT2D eigenvalue weighted by atomic mass is 9.76. The van der Waals surface area contributed by atoms with Crippen molar-refractivity contribution in [2.45, 2.75) is 51.9 Å². The molecule has 1 fully saturated rings. The number of carbonyl (C=O) groups is 2. The van der Waals surface area contributed by atoms with E-state index in [-0.39, 0.29) is 17.1 Å². The third-order valence-electron chi connectivity index (χ3n) is 8.31. The van der Waals surface area contributed by atoms with Crippen molar-refractivity contribution in [2.75, 3.05) is 37.9 Å². The van der Waals surface area contributed by atoms with E-state index in [0.717, 1.165) is 48.4 Å². The summed E-state index contributed by atoms with van der Waals surface area (Å²) in [6.45, 7) is 9.99. The summed E-state index contributed by atoms with van der Waals surface area (Å²) in [4.78, 5) is 27.6. The molecular weight excluding hydrogens is 566 g/mol. The van der Waals surface area contributed by atoms with E-state index >= 15 is 0 Å². The van der Waals surface area contributed by atoms with Crippen LogP contribution in [0, 0.1) is 12.8 Å². The van der Waals surface area contributed by atoms with E-state index in [9.17, 15) is 9.59 Å². The number of aromatic nitrogens is 2. The Labute approximate surface area is 265 Å². The second-order valence-electron chi connectivity index (χ2n) is 12.6. The van der Waals surface area contributed by atoms with Gasteiger partial charge < -0.3 is 20.1 Å². The minimum atomic E-state index is -0.406. The molecule has 5 rings (SSSR count). The number of piperidine rings is 1. The van der Waals surface area contributed by atoms with Crippen molar-refractivity contribution in [3.63, 3.8) is 0 Å². The zero-order valence-corrected chi connectivity index (χ0v) is 26.9. The van der Waals surface area contributed by atoms with Crippen molar-refractivity contribution < 1.29 is 19.1 Å². The van der Waals surface area contributed by atoms with Crippen molar-refractivity contribution in [3.05, 3.63) is 95.2 Å². The molecule has 0 aliphatic carbocycles. The molecule has 4 aromatic rings. The maximum absolute atomic E-state index is 14.2. The molecule has 9 heteroatoms. The van der Waals surface area contributed by atoms with Crippen LogP contribution in [0.15, 0.2) is 72.8 Å². The number of ether oxygens (including phenoxy) is 2. The zero-order chi connectivity index (χ0) is 32.1. The fourth-order valence-electron chi connectivity index (χ4n) is 5.79. The van der Waals surface area contributed by atoms with E-state index < -0.39 is 11.9 Å². The summed E-state index contributed by atoms with van der Waals surface area (Å²) < 4.78 is 12.7. The molecule has 1 atom stereocenters. The number of ketones is 1. The van der Waals surface area contributed by atoms with E-state index in [1.807, 2.05) is 61.5 Å². The van der Waals surface area contributed by atoms with Crippen LogP contribution in [0.5, 0.6) is 11.5 Å². The number of carbonyl (C=O) groups excluding carboxylic acids is 2. The van der Waals surface area contributed by atoms with E-state index in [1.165, 1.54) is 0 Å². The first-order valence-electron chi connectivity index (χ1n) is 15.4. The van der Waals surface area contributed by atoms with Crippen LogP contribution in [0.1, 0.15) is 66.7 Å². The number of methoxy groups -OCH3 is 2. The van der Waals surface area contributed by atoms with Gasteiger partial charge in [-0.05, 0) is 80.7 Å². The normalized spacial score (nSPS) is 14.4. The lowest BCUT2D eigenvalue weighted by Gasteiger charge is -2.31. The first kappa shape index (κ1) is 31.8. The molecule has 2 amide bonds. The van der Waals surface area contributed by atoms with Gasteiger partial charge in [-0.25, -0.2) is 9.48 Å². The number of hydrogen-bond acceptors (Lipinski definition) is 6. The summed E-state index contributed by atoms with van der Waals surface area (Å²) in [6.07, 6.45) is 1.73. The molecule has 1 aromatic heterocycles. The monoisotopic (exact) mass is 609 g/mol. The van der Waals surface area contributed by atoms with Crippen molar-refractivity contribution in [2.24, 2.45) is 5.92 Å². The van der Waals surface area contributed by atoms with Crippen LogP contribution in [-0.4, -0.2) is 48.9 Å². The number of aryl methyl sites for hydroxylation is 1. The molecule has 236 valence electrons. The van der Waals surface area contributed by atoms with Crippen LogP contribution in [-0.2, 0) is 5.41 Å². The first-order valence-corrected chi connectivity index (χ1v) is 15.4. The molecule has 0 spiro atoms. The summed E-state index contributed by atoms with van der Waals surface area (Å²) in [5.74, 6) is 1.38. The third-order valence-corrected chi connectivity index (χ3v) is 8.31. The number of rotatable bonds is 9. The van der Waals surface area contributed by atoms with Crippen molar-refractivity contribution >= 4 is 23.3 Å². The molecule has 1 unspecified atom stereocenters. The van der Waals surface area contributed by atoms with E-state index in [2.05, 4.69) is 36.7 Å². The average Bonchev–Trinajstić information content (AvgIpc) is 3.46. The summed E-state index contributed by atoms with van der Waals surface area (Å²) in [7, 11) is 3.14. The zero-order valence-electron chi connectivity index (χ0n) is 26.9. The molecule has 1 aliphatic rings. The number of benzene rings is 3. The van der Waals surface area contributed by atoms with Crippen molar-refractivity contribution in [1.29, 1.82) is 0 Å². The Bertz CT molecular complexity index is 1650. The quantitative estimate of drug-likeness (QED) is 0.175. The standard InChI is InChI=1S/C36H43N5O4/c1-23-10-12-27(13-11-23)41-32(22-31(40-41)36(2,3)4)39-35(43)38-26-9-7-8-25(20-26)33(24-16-18-37-19-17-24)34(42)29-15-14-28(44-5)21-30(29)45-6/h7-15,20-22,24,33,37H,16-19H2,1-6H3,(H2,38,39,43). The van der Waals surface area contributed by atoms with Crippen LogP contribution in [0.2, 0.25) is 0 Å². The molecule has 1 saturated heterocycles. The highest BCUT2D eigenvalue weighted by Crippen LogP contribution is 2.38. The average molecular weight is 610 g/mol. The van der Waals surface area contributed by atoms with E-state index in [1.54, 1.807) is 37.1 Å². The van der Waals surface area contributed by atoms with Gasteiger partial charge in [0.15, 0.2) is 5.78 Å². The fraction of sp³-hybridized carbons (Fsp3) is 0.361. The molecular formula is C36H43N5O4. The summed E-state index contributed by atoms with van der Waals surface area (Å²) in [5.41, 5.74) is 4.60. The molecule has 0 saturated carbocycles. The van der Waals surface area contributed by atoms with Gasteiger partial charge in [-0.15, -0.1) is 0 Å². The maximum atomic E-state index is 14.2. The molecule has 0 bridgehead atoms. The van der Waals surface area contributed by atoms with Gasteiger partial charge in [-0.1, -0.05) is 50.6 Å². The Hall–Kier alpha value is -4.63. The van der Waals surface area contributed by atoms with Gasteiger partial charge in [0.1, 0.15) is 17.3 Å². The van der Waals surface area contributed by atoms with Gasteiger partial charge in [0.05, 0.1) is 37.1 Å². The highest BCUT2D eigenvalue weighted by atomic mass is 16.5. The predicted molar refractivity (Wildman–Crippen MR) is 178 cm³/mol. The third kappa shape index (κ3) is 7.37. The first-order chi connectivity index (χ1) is 21.6. The predicted octanol–water partition coefficient (Wildman–Crippen LogP) is 7.11. The van der Waals surface area contributed by atoms with Gasteiger partial charge in [0, 0.05) is 23.2 Å². The molecule has 1 aliphatic heterocycles. The molecule has 45 heavy (non-hydrogen) atoms. The smallest absolute Gasteiger partial charge is 0.324 e. The number of amides is 2. The number of anilines is 2. The molecule has 3 aromatic carbocycles. The Morgan fingerprint density at radius 3 is 2.33 bits per heavy atom. The summed E-state index contributed by atoms with van der Waals surface area (Å²) in [6, 6.07) is 22.4. The Kier molecular flexibility index (Phi) is 9.58. The second-order valence-corrected chi connectivity index (χ2v) is 12.6. The number of nitrogens with zero attached hydrogens (tertiary/aromatic N) is 2. The molecule has 3 N–H and O–H groups in total. The minimum Gasteiger partial charge on any atom is -0.497 e. The second kappa shape index (κ2) is 13.6. The van der Waals surface area contributed by atoms with Gasteiger partial charge in [0.25, 0.3) is 0 Å².